The molecule has 4 aromatic rings. The van der Waals surface area contributed by atoms with Crippen molar-refractivity contribution < 1.29 is 28.8 Å². The number of nitrogens with zero attached hydrogens (tertiary/aromatic N) is 4. The minimum atomic E-state index is -1.01. The van der Waals surface area contributed by atoms with E-state index in [4.69, 9.17) is 0 Å². The molecule has 0 bridgehead atoms. The van der Waals surface area contributed by atoms with Crippen LogP contribution in [0.5, 0.6) is 0 Å². The van der Waals surface area contributed by atoms with Gasteiger partial charge in [-0.15, -0.1) is 0 Å². The van der Waals surface area contributed by atoms with Crippen LogP contribution >= 0.6 is 0 Å². The molecule has 13 heteroatoms. The van der Waals surface area contributed by atoms with Gasteiger partial charge in [0.15, 0.2) is 5.78 Å². The number of aromatic amines is 1. The number of fused-ring (bicyclic) bond motifs is 5. The second-order valence-electron chi connectivity index (χ2n) is 16.2. The Morgan fingerprint density at radius 2 is 1.69 bits per heavy atom. The van der Waals surface area contributed by atoms with Crippen molar-refractivity contribution >= 4 is 57.6 Å². The Hall–Kier alpha value is -6.29. The van der Waals surface area contributed by atoms with Gasteiger partial charge in [0.25, 0.3) is 11.8 Å². The summed E-state index contributed by atoms with van der Waals surface area (Å²) in [5.41, 5.74) is 7.37. The van der Waals surface area contributed by atoms with Crippen molar-refractivity contribution in [2.45, 2.75) is 83.6 Å². The fraction of sp³-hybridized carbons (Fsp3) is 0.400. The predicted molar refractivity (Wildman–Crippen MR) is 218 cm³/mol. The van der Waals surface area contributed by atoms with E-state index in [2.05, 4.69) is 59.5 Å². The van der Waals surface area contributed by atoms with Gasteiger partial charge in [-0.25, -0.2) is 0 Å². The summed E-state index contributed by atoms with van der Waals surface area (Å²) in [5.74, 6) is -1.96. The highest BCUT2D eigenvalue weighted by atomic mass is 16.2. The molecule has 1 unspecified atom stereocenters. The number of carbonyl (C=O) groups excluding carboxylic acids is 6. The smallest absolute Gasteiger partial charge is 0.264 e. The van der Waals surface area contributed by atoms with E-state index in [0.717, 1.165) is 76.0 Å². The molecule has 1 atom stereocenters. The second-order valence-corrected chi connectivity index (χ2v) is 16.2. The standard InChI is InChI=1S/C45H47N7O6/c1-4-27-23-30-31(45(2,3)41-39(40(30)55)28-14-13-26(25-46)22-33(28)48-41)24-35(27)50-18-20-51(21-19-50)37(54)12-7-5-6-8-17-47-32-11-9-10-29-38(32)44(58)52(43(29)57)34-15-16-36(53)49-42(34)56/h9-11,13-14,22-24,34,47-48H,4-8,12,15-21H2,1-3H3,(H,49,53,56). The molecule has 0 saturated carbocycles. The van der Waals surface area contributed by atoms with Gasteiger partial charge in [-0.2, -0.15) is 5.26 Å². The number of amides is 5. The van der Waals surface area contributed by atoms with Gasteiger partial charge in [-0.3, -0.25) is 39.0 Å². The van der Waals surface area contributed by atoms with E-state index in [0.29, 0.717) is 56.0 Å². The molecule has 4 heterocycles. The van der Waals surface area contributed by atoms with Crippen LogP contribution in [-0.4, -0.2) is 88.9 Å². The third-order valence-corrected chi connectivity index (χ3v) is 12.4. The molecule has 0 spiro atoms. The maximum atomic E-state index is 14.1. The van der Waals surface area contributed by atoms with Gasteiger partial charge in [0, 0.05) is 84.5 Å². The number of nitrogens with one attached hydrogen (secondary N) is 3. The van der Waals surface area contributed by atoms with Crippen LogP contribution < -0.4 is 15.5 Å². The Labute approximate surface area is 336 Å². The molecular weight excluding hydrogens is 735 g/mol. The highest BCUT2D eigenvalue weighted by Crippen LogP contribution is 2.46. The van der Waals surface area contributed by atoms with Crippen LogP contribution in [0.4, 0.5) is 11.4 Å². The lowest BCUT2D eigenvalue weighted by Crippen LogP contribution is -2.54. The Balaban J connectivity index is 0.820. The highest BCUT2D eigenvalue weighted by molar-refractivity contribution is 6.25. The number of H-pyrrole nitrogens is 1. The average Bonchev–Trinajstić information content (AvgIpc) is 3.74. The molecule has 3 aliphatic heterocycles. The summed E-state index contributed by atoms with van der Waals surface area (Å²) in [6.07, 6.45) is 4.77. The van der Waals surface area contributed by atoms with Gasteiger partial charge in [0.2, 0.25) is 17.7 Å². The van der Waals surface area contributed by atoms with Crippen molar-refractivity contribution in [1.82, 2.24) is 20.1 Å². The number of piperidine rings is 1. The first-order valence-electron chi connectivity index (χ1n) is 20.3. The van der Waals surface area contributed by atoms with Crippen molar-refractivity contribution in [2.75, 3.05) is 42.9 Å². The van der Waals surface area contributed by atoms with Crippen LogP contribution in [0.2, 0.25) is 0 Å². The molecule has 4 aliphatic rings. The quantitative estimate of drug-likeness (QED) is 0.130. The van der Waals surface area contributed by atoms with E-state index in [1.54, 1.807) is 30.3 Å². The lowest BCUT2D eigenvalue weighted by Gasteiger charge is -2.39. The van der Waals surface area contributed by atoms with Gasteiger partial charge in [0.1, 0.15) is 6.04 Å². The molecule has 2 saturated heterocycles. The third-order valence-electron chi connectivity index (χ3n) is 12.4. The van der Waals surface area contributed by atoms with Crippen LogP contribution in [0.1, 0.15) is 125 Å². The number of hydrogen-bond acceptors (Lipinski definition) is 9. The van der Waals surface area contributed by atoms with Crippen molar-refractivity contribution in [3.63, 3.8) is 0 Å². The Morgan fingerprint density at radius 1 is 0.914 bits per heavy atom. The Kier molecular flexibility index (Phi) is 10.1. The molecule has 298 valence electrons. The summed E-state index contributed by atoms with van der Waals surface area (Å²) >= 11 is 0. The van der Waals surface area contributed by atoms with Crippen LogP contribution in [0.15, 0.2) is 48.5 Å². The minimum absolute atomic E-state index is 0.00170. The summed E-state index contributed by atoms with van der Waals surface area (Å²) in [4.78, 5) is 86.6. The monoisotopic (exact) mass is 781 g/mol. The fourth-order valence-electron chi connectivity index (χ4n) is 9.15. The van der Waals surface area contributed by atoms with E-state index in [9.17, 15) is 34.0 Å². The number of unbranched alkanes of at least 4 members (excludes halogenated alkanes) is 3. The lowest BCUT2D eigenvalue weighted by molar-refractivity contribution is -0.136. The average molecular weight is 782 g/mol. The number of benzene rings is 3. The molecular formula is C45H47N7O6. The van der Waals surface area contributed by atoms with Crippen molar-refractivity contribution in [3.8, 4) is 6.07 Å². The molecule has 58 heavy (non-hydrogen) atoms. The summed E-state index contributed by atoms with van der Waals surface area (Å²) in [6.45, 7) is 9.62. The maximum absolute atomic E-state index is 14.1. The van der Waals surface area contributed by atoms with Gasteiger partial charge in [0.05, 0.1) is 28.3 Å². The van der Waals surface area contributed by atoms with E-state index in [1.807, 2.05) is 11.0 Å². The van der Waals surface area contributed by atoms with Gasteiger partial charge in [-0.1, -0.05) is 45.7 Å². The van der Waals surface area contributed by atoms with Crippen LogP contribution in [-0.2, 0) is 26.2 Å². The number of carbonyl (C=O) groups is 6. The Bertz CT molecular complexity index is 2450. The normalized spacial score (nSPS) is 18.6. The molecule has 8 rings (SSSR count). The lowest BCUT2D eigenvalue weighted by atomic mass is 9.70. The number of piperazine rings is 1. The SMILES string of the molecule is CCc1cc2c(cc1N1CCN(C(=O)CCCCCCNc3cccc4c3C(=O)N(C3CCC(=O)NC3=O)C4=O)CC1)C(C)(C)c1[nH]c3cc(C#N)ccc3c1C2=O. The summed E-state index contributed by atoms with van der Waals surface area (Å²) in [6, 6.07) is 15.9. The maximum Gasteiger partial charge on any atom is 0.264 e. The van der Waals surface area contributed by atoms with E-state index in [1.165, 1.54) is 0 Å². The fourth-order valence-corrected chi connectivity index (χ4v) is 9.15. The van der Waals surface area contributed by atoms with Gasteiger partial charge < -0.3 is 20.1 Å². The highest BCUT2D eigenvalue weighted by Gasteiger charge is 2.46. The zero-order chi connectivity index (χ0) is 40.9. The first-order chi connectivity index (χ1) is 27.9. The molecule has 0 radical (unpaired) electrons. The molecule has 3 aromatic carbocycles. The van der Waals surface area contributed by atoms with Crippen LogP contribution in [0.25, 0.3) is 10.9 Å². The number of rotatable bonds is 11. The van der Waals surface area contributed by atoms with Gasteiger partial charge >= 0.3 is 0 Å². The van der Waals surface area contributed by atoms with E-state index in [-0.39, 0.29) is 35.7 Å². The van der Waals surface area contributed by atoms with E-state index >= 15 is 0 Å². The van der Waals surface area contributed by atoms with Crippen LogP contribution in [0.3, 0.4) is 0 Å². The Morgan fingerprint density at radius 3 is 2.43 bits per heavy atom. The predicted octanol–water partition coefficient (Wildman–Crippen LogP) is 5.58. The van der Waals surface area contributed by atoms with Crippen molar-refractivity contribution in [3.05, 3.63) is 93.2 Å². The minimum Gasteiger partial charge on any atom is -0.384 e. The summed E-state index contributed by atoms with van der Waals surface area (Å²) in [5, 5.41) is 15.8. The number of anilines is 2. The number of hydrogen-bond donors (Lipinski definition) is 3. The topological polar surface area (TPSA) is 176 Å². The van der Waals surface area contributed by atoms with Crippen molar-refractivity contribution in [1.29, 1.82) is 5.26 Å². The molecule has 3 N–H and O–H groups in total. The number of aromatic nitrogens is 1. The van der Waals surface area contributed by atoms with Crippen LogP contribution in [0, 0.1) is 11.3 Å². The number of ketones is 1. The zero-order valence-electron chi connectivity index (χ0n) is 33.1. The zero-order valence-corrected chi connectivity index (χ0v) is 33.1. The molecule has 13 nitrogen and oxygen atoms in total. The number of imide groups is 2. The third kappa shape index (κ3) is 6.60. The number of nitriles is 1. The second kappa shape index (κ2) is 15.2. The first kappa shape index (κ1) is 38.6. The molecule has 2 fully saturated rings. The van der Waals surface area contributed by atoms with Gasteiger partial charge in [-0.05, 0) is 73.2 Å². The molecule has 1 aliphatic carbocycles. The largest absolute Gasteiger partial charge is 0.384 e. The summed E-state index contributed by atoms with van der Waals surface area (Å²) in [7, 11) is 0. The number of aryl methyl sites for hydroxylation is 1. The molecule has 1 aromatic heterocycles. The van der Waals surface area contributed by atoms with Crippen molar-refractivity contribution in [2.24, 2.45) is 0 Å². The summed E-state index contributed by atoms with van der Waals surface area (Å²) < 4.78 is 0. The van der Waals surface area contributed by atoms with E-state index < -0.39 is 35.1 Å². The first-order valence-corrected chi connectivity index (χ1v) is 20.3. The molecule has 5 amide bonds.